The van der Waals surface area contributed by atoms with Crippen LogP contribution in [0.25, 0.3) is 0 Å². The minimum Gasteiger partial charge on any atom is -0.376 e. The summed E-state index contributed by atoms with van der Waals surface area (Å²) < 4.78 is 5.55. The van der Waals surface area contributed by atoms with Gasteiger partial charge in [0.25, 0.3) is 0 Å². The van der Waals surface area contributed by atoms with Gasteiger partial charge in [-0.2, -0.15) is 0 Å². The Bertz CT molecular complexity index is 195. The Kier molecular flexibility index (Phi) is 4.84. The van der Waals surface area contributed by atoms with E-state index >= 15 is 0 Å². The Morgan fingerprint density at radius 1 is 1.62 bits per heavy atom. The summed E-state index contributed by atoms with van der Waals surface area (Å²) in [6, 6.07) is 0. The number of nitrogens with two attached hydrogens (primary N) is 1. The third kappa shape index (κ3) is 3.77. The third-order valence-electron chi connectivity index (χ3n) is 2.18. The average Bonchev–Trinajstić information content (AvgIpc) is 2.39. The normalized spacial score (nSPS) is 24.6. The molecule has 2 N–H and O–H groups in total. The summed E-state index contributed by atoms with van der Waals surface area (Å²) in [5.41, 5.74) is 5.58. The molecule has 1 heterocycles. The van der Waals surface area contributed by atoms with Crippen LogP contribution in [-0.2, 0) is 4.74 Å². The lowest BCUT2D eigenvalue weighted by Gasteiger charge is -2.20. The molecule has 0 saturated carbocycles. The number of hydrogen-bond acceptors (Lipinski definition) is 3. The summed E-state index contributed by atoms with van der Waals surface area (Å²) in [5, 5.41) is 0. The van der Waals surface area contributed by atoms with Crippen LogP contribution < -0.4 is 5.73 Å². The fourth-order valence-electron chi connectivity index (χ4n) is 1.45. The molecule has 74 valence electrons. The van der Waals surface area contributed by atoms with Gasteiger partial charge in [-0.05, 0) is 13.3 Å². The Balaban J connectivity index is 2.37. The van der Waals surface area contributed by atoms with Crippen molar-refractivity contribution in [2.45, 2.75) is 19.4 Å². The average molecular weight is 182 g/mol. The zero-order valence-corrected chi connectivity index (χ0v) is 8.25. The van der Waals surface area contributed by atoms with Gasteiger partial charge in [0.15, 0.2) is 0 Å². The van der Waals surface area contributed by atoms with E-state index in [9.17, 15) is 0 Å². The van der Waals surface area contributed by atoms with Crippen molar-refractivity contribution in [3.63, 3.8) is 0 Å². The van der Waals surface area contributed by atoms with Gasteiger partial charge in [0.05, 0.1) is 12.6 Å². The van der Waals surface area contributed by atoms with Crippen LogP contribution in [0, 0.1) is 11.8 Å². The number of hydrogen-bond donors (Lipinski definition) is 1. The standard InChI is InChI=1S/C10H18N2O/c1-2-3-5-12-6-4-7-13-10(8-11)9-12/h10H,4-9,11H2,1H3. The minimum atomic E-state index is 0.196. The second-order valence-electron chi connectivity index (χ2n) is 3.24. The molecule has 0 bridgehead atoms. The van der Waals surface area contributed by atoms with Crippen molar-refractivity contribution in [1.82, 2.24) is 4.90 Å². The van der Waals surface area contributed by atoms with Crippen molar-refractivity contribution in [3.8, 4) is 11.8 Å². The summed E-state index contributed by atoms with van der Waals surface area (Å²) in [7, 11) is 0. The first kappa shape index (κ1) is 10.5. The second-order valence-corrected chi connectivity index (χ2v) is 3.24. The number of nitrogens with zero attached hydrogens (tertiary/aromatic N) is 1. The second kappa shape index (κ2) is 5.98. The van der Waals surface area contributed by atoms with Gasteiger partial charge in [0.2, 0.25) is 0 Å². The lowest BCUT2D eigenvalue weighted by molar-refractivity contribution is 0.0622. The molecule has 1 aliphatic heterocycles. The highest BCUT2D eigenvalue weighted by Gasteiger charge is 2.15. The van der Waals surface area contributed by atoms with E-state index in [1.54, 1.807) is 0 Å². The molecule has 0 spiro atoms. The number of ether oxygens (including phenoxy) is 1. The van der Waals surface area contributed by atoms with Gasteiger partial charge < -0.3 is 10.5 Å². The SMILES string of the molecule is CC#CCN1CCCOC(CN)C1. The largest absolute Gasteiger partial charge is 0.376 e. The zero-order chi connectivity index (χ0) is 9.52. The van der Waals surface area contributed by atoms with E-state index < -0.39 is 0 Å². The van der Waals surface area contributed by atoms with Crippen LogP contribution in [0.15, 0.2) is 0 Å². The molecule has 1 atom stereocenters. The molecule has 1 rings (SSSR count). The van der Waals surface area contributed by atoms with Gasteiger partial charge in [0.1, 0.15) is 0 Å². The van der Waals surface area contributed by atoms with Crippen molar-refractivity contribution in [3.05, 3.63) is 0 Å². The number of rotatable bonds is 2. The maximum atomic E-state index is 5.58. The van der Waals surface area contributed by atoms with E-state index in [0.29, 0.717) is 6.54 Å². The molecule has 3 nitrogen and oxygen atoms in total. The summed E-state index contributed by atoms with van der Waals surface area (Å²) in [6.07, 6.45) is 1.28. The van der Waals surface area contributed by atoms with Crippen molar-refractivity contribution in [1.29, 1.82) is 0 Å². The van der Waals surface area contributed by atoms with E-state index in [4.69, 9.17) is 10.5 Å². The van der Waals surface area contributed by atoms with E-state index in [1.807, 2.05) is 6.92 Å². The van der Waals surface area contributed by atoms with Crippen molar-refractivity contribution in [2.75, 3.05) is 32.8 Å². The van der Waals surface area contributed by atoms with Crippen LogP contribution in [0.2, 0.25) is 0 Å². The van der Waals surface area contributed by atoms with Crippen molar-refractivity contribution < 1.29 is 4.74 Å². The molecule has 1 saturated heterocycles. The highest BCUT2D eigenvalue weighted by molar-refractivity contribution is 4.98. The smallest absolute Gasteiger partial charge is 0.0824 e. The first-order chi connectivity index (χ1) is 6.36. The molecule has 1 aliphatic rings. The fraction of sp³-hybridized carbons (Fsp3) is 0.800. The first-order valence-corrected chi connectivity index (χ1v) is 4.80. The van der Waals surface area contributed by atoms with Crippen LogP contribution in [0.3, 0.4) is 0 Å². The third-order valence-corrected chi connectivity index (χ3v) is 2.18. The van der Waals surface area contributed by atoms with Crippen LogP contribution in [0.1, 0.15) is 13.3 Å². The lowest BCUT2D eigenvalue weighted by atomic mass is 10.3. The Morgan fingerprint density at radius 3 is 3.15 bits per heavy atom. The Hall–Kier alpha value is -0.560. The molecule has 1 unspecified atom stereocenters. The predicted octanol–water partition coefficient (Wildman–Crippen LogP) is 0.0593. The highest BCUT2D eigenvalue weighted by atomic mass is 16.5. The van der Waals surface area contributed by atoms with Gasteiger partial charge in [0, 0.05) is 26.2 Å². The van der Waals surface area contributed by atoms with Crippen LogP contribution >= 0.6 is 0 Å². The summed E-state index contributed by atoms with van der Waals surface area (Å²) in [5.74, 6) is 5.97. The molecule has 13 heavy (non-hydrogen) atoms. The summed E-state index contributed by atoms with van der Waals surface area (Å²) >= 11 is 0. The van der Waals surface area contributed by atoms with E-state index in [2.05, 4.69) is 16.7 Å². The Labute approximate surface area is 80.2 Å². The quantitative estimate of drug-likeness (QED) is 0.614. The first-order valence-electron chi connectivity index (χ1n) is 4.80. The molecule has 0 aromatic heterocycles. The molecule has 0 radical (unpaired) electrons. The van der Waals surface area contributed by atoms with Gasteiger partial charge in [-0.25, -0.2) is 0 Å². The fourth-order valence-corrected chi connectivity index (χ4v) is 1.45. The molecule has 1 fully saturated rings. The molecular weight excluding hydrogens is 164 g/mol. The van der Waals surface area contributed by atoms with Gasteiger partial charge in [-0.15, -0.1) is 5.92 Å². The maximum Gasteiger partial charge on any atom is 0.0824 e. The maximum absolute atomic E-state index is 5.58. The molecule has 0 amide bonds. The monoisotopic (exact) mass is 182 g/mol. The molecule has 0 aromatic rings. The van der Waals surface area contributed by atoms with E-state index in [-0.39, 0.29) is 6.10 Å². The van der Waals surface area contributed by atoms with Gasteiger partial charge >= 0.3 is 0 Å². The van der Waals surface area contributed by atoms with Crippen LogP contribution in [0.4, 0.5) is 0 Å². The minimum absolute atomic E-state index is 0.196. The van der Waals surface area contributed by atoms with Crippen LogP contribution in [0.5, 0.6) is 0 Å². The molecule has 0 aromatic carbocycles. The van der Waals surface area contributed by atoms with E-state index in [1.165, 1.54) is 0 Å². The summed E-state index contributed by atoms with van der Waals surface area (Å²) in [6.45, 7) is 6.15. The highest BCUT2D eigenvalue weighted by Crippen LogP contribution is 2.03. The zero-order valence-electron chi connectivity index (χ0n) is 8.25. The van der Waals surface area contributed by atoms with E-state index in [0.717, 1.165) is 32.7 Å². The predicted molar refractivity (Wildman–Crippen MR) is 53.3 cm³/mol. The van der Waals surface area contributed by atoms with Crippen LogP contribution in [-0.4, -0.2) is 43.8 Å². The molecule has 0 aliphatic carbocycles. The van der Waals surface area contributed by atoms with Crippen molar-refractivity contribution >= 4 is 0 Å². The van der Waals surface area contributed by atoms with Gasteiger partial charge in [-0.1, -0.05) is 5.92 Å². The molecule has 3 heteroatoms. The molecular formula is C10H18N2O. The summed E-state index contributed by atoms with van der Waals surface area (Å²) in [4.78, 5) is 2.31. The van der Waals surface area contributed by atoms with Crippen molar-refractivity contribution in [2.24, 2.45) is 5.73 Å². The lowest BCUT2D eigenvalue weighted by Crippen LogP contribution is -2.36. The topological polar surface area (TPSA) is 38.5 Å². The van der Waals surface area contributed by atoms with Gasteiger partial charge in [-0.3, -0.25) is 4.90 Å². The Morgan fingerprint density at radius 2 is 2.46 bits per heavy atom.